The molecule has 0 aromatic carbocycles. The van der Waals surface area contributed by atoms with Gasteiger partial charge in [-0.2, -0.15) is 0 Å². The van der Waals surface area contributed by atoms with Crippen molar-refractivity contribution in [2.45, 2.75) is 13.3 Å². The van der Waals surface area contributed by atoms with E-state index in [-0.39, 0.29) is 0 Å². The summed E-state index contributed by atoms with van der Waals surface area (Å²) in [7, 11) is 4.18. The van der Waals surface area contributed by atoms with Crippen LogP contribution in [-0.4, -0.2) is 50.2 Å². The van der Waals surface area contributed by atoms with E-state index in [0.717, 1.165) is 31.1 Å². The number of aryl methyl sites for hydroxylation is 1. The zero-order valence-corrected chi connectivity index (χ0v) is 11.1. The van der Waals surface area contributed by atoms with Gasteiger partial charge in [-0.1, -0.05) is 0 Å². The summed E-state index contributed by atoms with van der Waals surface area (Å²) in [4.78, 5) is 6.37. The summed E-state index contributed by atoms with van der Waals surface area (Å²) in [6.07, 6.45) is 2.95. The third kappa shape index (κ3) is 6.24. The maximum Gasteiger partial charge on any atom is 0.140 e. The highest BCUT2D eigenvalue weighted by atomic mass is 16.5. The Morgan fingerprint density at radius 2 is 2.18 bits per heavy atom. The van der Waals surface area contributed by atoms with Crippen molar-refractivity contribution in [3.05, 3.63) is 24.0 Å². The van der Waals surface area contributed by atoms with E-state index in [9.17, 15) is 0 Å². The molecule has 0 saturated heterocycles. The number of rotatable bonds is 8. The van der Waals surface area contributed by atoms with E-state index in [1.54, 1.807) is 6.20 Å². The molecule has 0 amide bonds. The predicted octanol–water partition coefficient (Wildman–Crippen LogP) is 1.31. The zero-order chi connectivity index (χ0) is 12.5. The summed E-state index contributed by atoms with van der Waals surface area (Å²) in [6, 6.07) is 3.85. The van der Waals surface area contributed by atoms with Crippen LogP contribution in [0.15, 0.2) is 18.3 Å². The molecule has 0 saturated carbocycles. The smallest absolute Gasteiger partial charge is 0.140 e. The second-order valence-electron chi connectivity index (χ2n) is 4.34. The van der Waals surface area contributed by atoms with E-state index in [0.29, 0.717) is 6.61 Å². The van der Waals surface area contributed by atoms with Crippen LogP contribution in [0.3, 0.4) is 0 Å². The first-order chi connectivity index (χ1) is 8.20. The molecule has 1 N–H and O–H groups in total. The Kier molecular flexibility index (Phi) is 6.58. The Morgan fingerprint density at radius 1 is 1.35 bits per heavy atom. The van der Waals surface area contributed by atoms with Crippen molar-refractivity contribution >= 4 is 0 Å². The summed E-state index contributed by atoms with van der Waals surface area (Å²) < 4.78 is 5.63. The summed E-state index contributed by atoms with van der Waals surface area (Å²) in [5, 5.41) is 3.36. The van der Waals surface area contributed by atoms with Gasteiger partial charge in [0.25, 0.3) is 0 Å². The van der Waals surface area contributed by atoms with Gasteiger partial charge in [0.1, 0.15) is 12.4 Å². The highest BCUT2D eigenvalue weighted by molar-refractivity contribution is 5.25. The molecule has 0 atom stereocenters. The minimum absolute atomic E-state index is 0.689. The number of ether oxygens (including phenoxy) is 1. The SMILES string of the molecule is Cc1ncccc1OCCNCCCN(C)C. The summed E-state index contributed by atoms with van der Waals surface area (Å²) in [5.74, 6) is 0.877. The molecule has 0 aliphatic heterocycles. The van der Waals surface area contributed by atoms with Gasteiger partial charge in [-0.05, 0) is 52.7 Å². The molecule has 4 nitrogen and oxygen atoms in total. The molecule has 0 aliphatic rings. The van der Waals surface area contributed by atoms with Crippen molar-refractivity contribution in [3.8, 4) is 5.75 Å². The fourth-order valence-electron chi connectivity index (χ4n) is 1.50. The zero-order valence-electron chi connectivity index (χ0n) is 11.1. The van der Waals surface area contributed by atoms with Crippen LogP contribution in [-0.2, 0) is 0 Å². The van der Waals surface area contributed by atoms with Gasteiger partial charge in [0.05, 0.1) is 5.69 Å². The number of hydrogen-bond donors (Lipinski definition) is 1. The fraction of sp³-hybridized carbons (Fsp3) is 0.615. The van der Waals surface area contributed by atoms with E-state index in [1.807, 2.05) is 19.1 Å². The molecular formula is C13H23N3O. The van der Waals surface area contributed by atoms with Crippen LogP contribution in [0.2, 0.25) is 0 Å². The van der Waals surface area contributed by atoms with E-state index in [1.165, 1.54) is 6.42 Å². The first-order valence-corrected chi connectivity index (χ1v) is 6.10. The van der Waals surface area contributed by atoms with Gasteiger partial charge < -0.3 is 15.0 Å². The largest absolute Gasteiger partial charge is 0.490 e. The number of nitrogens with one attached hydrogen (secondary N) is 1. The van der Waals surface area contributed by atoms with E-state index in [2.05, 4.69) is 29.3 Å². The molecule has 0 aliphatic carbocycles. The van der Waals surface area contributed by atoms with Crippen molar-refractivity contribution < 1.29 is 4.74 Å². The van der Waals surface area contributed by atoms with Crippen LogP contribution in [0.25, 0.3) is 0 Å². The molecule has 1 aromatic heterocycles. The van der Waals surface area contributed by atoms with Gasteiger partial charge in [0.2, 0.25) is 0 Å². The van der Waals surface area contributed by atoms with Crippen molar-refractivity contribution in [1.29, 1.82) is 0 Å². The third-order valence-electron chi connectivity index (χ3n) is 2.45. The highest BCUT2D eigenvalue weighted by Gasteiger charge is 1.98. The van der Waals surface area contributed by atoms with Crippen LogP contribution in [0.4, 0.5) is 0 Å². The van der Waals surface area contributed by atoms with Crippen molar-refractivity contribution in [2.75, 3.05) is 40.3 Å². The summed E-state index contributed by atoms with van der Waals surface area (Å²) in [5.41, 5.74) is 0.945. The molecule has 0 unspecified atom stereocenters. The molecule has 0 bridgehead atoms. The molecule has 17 heavy (non-hydrogen) atoms. The van der Waals surface area contributed by atoms with Crippen LogP contribution < -0.4 is 10.1 Å². The summed E-state index contributed by atoms with van der Waals surface area (Å²) in [6.45, 7) is 5.68. The lowest BCUT2D eigenvalue weighted by atomic mass is 10.3. The van der Waals surface area contributed by atoms with Gasteiger partial charge in [-0.3, -0.25) is 4.98 Å². The van der Waals surface area contributed by atoms with Gasteiger partial charge in [0.15, 0.2) is 0 Å². The number of hydrogen-bond acceptors (Lipinski definition) is 4. The minimum Gasteiger partial charge on any atom is -0.490 e. The first-order valence-electron chi connectivity index (χ1n) is 6.10. The Balaban J connectivity index is 2.03. The molecule has 0 radical (unpaired) electrons. The average Bonchev–Trinajstić information content (AvgIpc) is 2.30. The quantitative estimate of drug-likeness (QED) is 0.692. The van der Waals surface area contributed by atoms with Crippen molar-refractivity contribution in [1.82, 2.24) is 15.2 Å². The molecule has 1 rings (SSSR count). The number of pyridine rings is 1. The molecule has 1 aromatic rings. The van der Waals surface area contributed by atoms with Crippen LogP contribution in [0.5, 0.6) is 5.75 Å². The van der Waals surface area contributed by atoms with Crippen LogP contribution >= 0.6 is 0 Å². The van der Waals surface area contributed by atoms with Gasteiger partial charge >= 0.3 is 0 Å². The van der Waals surface area contributed by atoms with Crippen molar-refractivity contribution in [3.63, 3.8) is 0 Å². The summed E-state index contributed by atoms with van der Waals surface area (Å²) >= 11 is 0. The second-order valence-corrected chi connectivity index (χ2v) is 4.34. The van der Waals surface area contributed by atoms with E-state index in [4.69, 9.17) is 4.74 Å². The minimum atomic E-state index is 0.689. The molecule has 0 fully saturated rings. The lowest BCUT2D eigenvalue weighted by Crippen LogP contribution is -2.25. The van der Waals surface area contributed by atoms with Crippen LogP contribution in [0.1, 0.15) is 12.1 Å². The maximum absolute atomic E-state index is 5.63. The Bertz CT molecular complexity index is 315. The number of nitrogens with zero attached hydrogens (tertiary/aromatic N) is 2. The topological polar surface area (TPSA) is 37.4 Å². The lowest BCUT2D eigenvalue weighted by molar-refractivity contribution is 0.308. The lowest BCUT2D eigenvalue weighted by Gasteiger charge is -2.11. The molecule has 1 heterocycles. The molecule has 4 heteroatoms. The normalized spacial score (nSPS) is 10.8. The van der Waals surface area contributed by atoms with Gasteiger partial charge in [0, 0.05) is 12.7 Å². The molecule has 0 spiro atoms. The van der Waals surface area contributed by atoms with Gasteiger partial charge in [-0.25, -0.2) is 0 Å². The van der Waals surface area contributed by atoms with E-state index >= 15 is 0 Å². The van der Waals surface area contributed by atoms with Crippen molar-refractivity contribution in [2.24, 2.45) is 0 Å². The van der Waals surface area contributed by atoms with Gasteiger partial charge in [-0.15, -0.1) is 0 Å². The Hall–Kier alpha value is -1.13. The Labute approximate surface area is 104 Å². The van der Waals surface area contributed by atoms with E-state index < -0.39 is 0 Å². The van der Waals surface area contributed by atoms with Crippen LogP contribution in [0, 0.1) is 6.92 Å². The predicted molar refractivity (Wildman–Crippen MR) is 70.5 cm³/mol. The first kappa shape index (κ1) is 13.9. The fourth-order valence-corrected chi connectivity index (χ4v) is 1.50. The average molecular weight is 237 g/mol. The maximum atomic E-state index is 5.63. The Morgan fingerprint density at radius 3 is 2.88 bits per heavy atom. The molecular weight excluding hydrogens is 214 g/mol. The second kappa shape index (κ2) is 8.03. The monoisotopic (exact) mass is 237 g/mol. The number of aromatic nitrogens is 1. The highest BCUT2D eigenvalue weighted by Crippen LogP contribution is 2.12. The standard InChI is InChI=1S/C13H23N3O/c1-12-13(6-4-8-15-12)17-11-9-14-7-5-10-16(2)3/h4,6,8,14H,5,7,9-11H2,1-3H3. The third-order valence-corrected chi connectivity index (χ3v) is 2.45. The molecule has 96 valence electrons.